The Labute approximate surface area is 106 Å². The highest BCUT2D eigenvalue weighted by molar-refractivity contribution is 14.1. The predicted octanol–water partition coefficient (Wildman–Crippen LogP) is 1.09. The van der Waals surface area contributed by atoms with E-state index in [1.165, 1.54) is 18.4 Å². The number of halogens is 1. The summed E-state index contributed by atoms with van der Waals surface area (Å²) in [5.74, 6) is -0.176. The quantitative estimate of drug-likeness (QED) is 0.789. The molecular weight excluding hydrogens is 329 g/mol. The van der Waals surface area contributed by atoms with Crippen LogP contribution in [0.2, 0.25) is 0 Å². The number of carbonyl (C=O) groups is 1. The van der Waals surface area contributed by atoms with Crippen molar-refractivity contribution in [2.24, 2.45) is 0 Å². The summed E-state index contributed by atoms with van der Waals surface area (Å²) >= 11 is 3.67. The van der Waals surface area contributed by atoms with E-state index >= 15 is 0 Å². The molecule has 1 atom stereocenters. The normalized spacial score (nSPS) is 12.5. The van der Waals surface area contributed by atoms with E-state index in [1.54, 1.807) is 5.38 Å². The zero-order chi connectivity index (χ0) is 11.3. The molecule has 2 N–H and O–H groups in total. The first-order chi connectivity index (χ1) is 7.17. The number of aliphatic hydroxyl groups excluding tert-OH is 1. The summed E-state index contributed by atoms with van der Waals surface area (Å²) in [6, 6.07) is 1.46. The van der Waals surface area contributed by atoms with Crippen molar-refractivity contribution in [3.05, 3.63) is 19.9 Å². The molecule has 84 valence electrons. The van der Waals surface area contributed by atoms with Gasteiger partial charge in [0.1, 0.15) is 0 Å². The van der Waals surface area contributed by atoms with Gasteiger partial charge < -0.3 is 15.2 Å². The molecule has 1 rings (SSSR count). The van der Waals surface area contributed by atoms with Crippen LogP contribution in [0.25, 0.3) is 0 Å². The monoisotopic (exact) mass is 341 g/mol. The molecule has 15 heavy (non-hydrogen) atoms. The molecule has 0 aliphatic heterocycles. The first-order valence-electron chi connectivity index (χ1n) is 4.32. The van der Waals surface area contributed by atoms with Crippen molar-refractivity contribution < 1.29 is 14.6 Å². The number of hydrogen-bond donors (Lipinski definition) is 2. The second-order valence-electron chi connectivity index (χ2n) is 2.95. The van der Waals surface area contributed by atoms with Gasteiger partial charge in [-0.1, -0.05) is 0 Å². The van der Waals surface area contributed by atoms with Gasteiger partial charge in [0.2, 0.25) is 0 Å². The van der Waals surface area contributed by atoms with E-state index in [4.69, 9.17) is 9.84 Å². The molecular formula is C9H12INO3S. The minimum Gasteiger partial charge on any atom is -0.394 e. The van der Waals surface area contributed by atoms with Crippen LogP contribution < -0.4 is 5.32 Å². The third kappa shape index (κ3) is 4.06. The maximum Gasteiger partial charge on any atom is 0.252 e. The first-order valence-corrected chi connectivity index (χ1v) is 6.28. The zero-order valence-corrected chi connectivity index (χ0v) is 11.2. The smallest absolute Gasteiger partial charge is 0.252 e. The lowest BCUT2D eigenvalue weighted by Gasteiger charge is -2.14. The Bertz CT molecular complexity index is 329. The lowest BCUT2D eigenvalue weighted by atomic mass is 10.2. The van der Waals surface area contributed by atoms with Crippen molar-refractivity contribution >= 4 is 39.8 Å². The minimum atomic E-state index is -0.347. The van der Waals surface area contributed by atoms with Gasteiger partial charge >= 0.3 is 0 Å². The topological polar surface area (TPSA) is 58.6 Å². The molecule has 1 heterocycles. The number of methoxy groups -OCH3 is 1. The van der Waals surface area contributed by atoms with E-state index in [0.29, 0.717) is 12.2 Å². The average molecular weight is 341 g/mol. The Morgan fingerprint density at radius 3 is 3.00 bits per heavy atom. The molecule has 0 aliphatic rings. The van der Waals surface area contributed by atoms with E-state index in [2.05, 4.69) is 27.9 Å². The molecule has 0 fully saturated rings. The van der Waals surface area contributed by atoms with Gasteiger partial charge in [0.15, 0.2) is 0 Å². The average Bonchev–Trinajstić information content (AvgIpc) is 2.64. The number of hydrogen-bond acceptors (Lipinski definition) is 4. The lowest BCUT2D eigenvalue weighted by Crippen LogP contribution is -2.40. The number of carbonyl (C=O) groups excluding carboxylic acids is 1. The highest BCUT2D eigenvalue weighted by atomic mass is 127. The van der Waals surface area contributed by atoms with Gasteiger partial charge in [0.25, 0.3) is 5.91 Å². The molecule has 0 radical (unpaired) electrons. The van der Waals surface area contributed by atoms with Crippen LogP contribution in [0.3, 0.4) is 0 Å². The number of aliphatic hydroxyl groups is 1. The number of amides is 1. The van der Waals surface area contributed by atoms with E-state index in [9.17, 15) is 4.79 Å². The van der Waals surface area contributed by atoms with Gasteiger partial charge in [-0.15, -0.1) is 11.3 Å². The van der Waals surface area contributed by atoms with Gasteiger partial charge in [0.05, 0.1) is 27.7 Å². The van der Waals surface area contributed by atoms with Crippen LogP contribution in [0.5, 0.6) is 0 Å². The predicted molar refractivity (Wildman–Crippen MR) is 67.3 cm³/mol. The van der Waals surface area contributed by atoms with Gasteiger partial charge in [-0.2, -0.15) is 0 Å². The molecule has 0 saturated carbocycles. The highest BCUT2D eigenvalue weighted by Gasteiger charge is 2.13. The molecule has 1 aromatic rings. The van der Waals surface area contributed by atoms with Crippen molar-refractivity contribution in [1.29, 1.82) is 0 Å². The van der Waals surface area contributed by atoms with E-state index in [1.807, 2.05) is 6.07 Å². The van der Waals surface area contributed by atoms with Crippen molar-refractivity contribution in [2.75, 3.05) is 20.3 Å². The van der Waals surface area contributed by atoms with Crippen molar-refractivity contribution in [3.63, 3.8) is 0 Å². The summed E-state index contributed by atoms with van der Waals surface area (Å²) < 4.78 is 5.92. The molecule has 6 heteroatoms. The van der Waals surface area contributed by atoms with E-state index < -0.39 is 0 Å². The van der Waals surface area contributed by atoms with Gasteiger partial charge in [-0.3, -0.25) is 4.79 Å². The molecule has 0 aromatic carbocycles. The second kappa shape index (κ2) is 6.41. The Kier molecular flexibility index (Phi) is 5.51. The summed E-state index contributed by atoms with van der Waals surface area (Å²) in [4.78, 5) is 11.6. The fourth-order valence-corrected chi connectivity index (χ4v) is 2.37. The Morgan fingerprint density at radius 2 is 2.53 bits per heavy atom. The molecule has 0 saturated heterocycles. The van der Waals surface area contributed by atoms with Crippen molar-refractivity contribution in [1.82, 2.24) is 5.32 Å². The fraction of sp³-hybridized carbons (Fsp3) is 0.444. The van der Waals surface area contributed by atoms with Gasteiger partial charge in [0, 0.05) is 12.5 Å². The molecule has 1 aromatic heterocycles. The summed E-state index contributed by atoms with van der Waals surface area (Å²) in [6.45, 7) is 0.185. The Balaban J connectivity index is 2.54. The van der Waals surface area contributed by atoms with Crippen LogP contribution in [0.4, 0.5) is 0 Å². The maximum atomic E-state index is 11.6. The van der Waals surface area contributed by atoms with Crippen LogP contribution >= 0.6 is 33.9 Å². The first kappa shape index (κ1) is 12.9. The Hall–Kier alpha value is -0.180. The molecule has 0 aliphatic carbocycles. The van der Waals surface area contributed by atoms with Crippen molar-refractivity contribution in [2.45, 2.75) is 6.04 Å². The van der Waals surface area contributed by atoms with Crippen LogP contribution in [0.1, 0.15) is 10.4 Å². The largest absolute Gasteiger partial charge is 0.394 e. The van der Waals surface area contributed by atoms with Gasteiger partial charge in [-0.05, 0) is 28.7 Å². The van der Waals surface area contributed by atoms with Gasteiger partial charge in [-0.25, -0.2) is 0 Å². The molecule has 4 nitrogen and oxygen atoms in total. The minimum absolute atomic E-state index is 0.124. The lowest BCUT2D eigenvalue weighted by molar-refractivity contribution is 0.0840. The van der Waals surface area contributed by atoms with Crippen LogP contribution in [-0.4, -0.2) is 37.4 Å². The Morgan fingerprint density at radius 1 is 1.80 bits per heavy atom. The summed E-state index contributed by atoms with van der Waals surface area (Å²) in [7, 11) is 1.53. The molecule has 0 bridgehead atoms. The molecule has 1 amide bonds. The SMILES string of the molecule is COCC(CO)NC(=O)c1csc(I)c1. The zero-order valence-electron chi connectivity index (χ0n) is 8.20. The standard InChI is InChI=1S/C9H12INO3S/c1-14-4-7(3-12)11-9(13)6-2-8(10)15-5-6/h2,5,7,12H,3-4H2,1H3,(H,11,13). The summed E-state index contributed by atoms with van der Waals surface area (Å²) in [5.41, 5.74) is 0.624. The molecule has 1 unspecified atom stereocenters. The number of nitrogens with one attached hydrogen (secondary N) is 1. The van der Waals surface area contributed by atoms with E-state index in [0.717, 1.165) is 2.88 Å². The van der Waals surface area contributed by atoms with Crippen LogP contribution in [0, 0.1) is 2.88 Å². The summed E-state index contributed by atoms with van der Waals surface area (Å²) in [5, 5.41) is 13.4. The van der Waals surface area contributed by atoms with Crippen LogP contribution in [-0.2, 0) is 4.74 Å². The van der Waals surface area contributed by atoms with Crippen molar-refractivity contribution in [3.8, 4) is 0 Å². The second-order valence-corrected chi connectivity index (χ2v) is 5.75. The number of ether oxygens (including phenoxy) is 1. The highest BCUT2D eigenvalue weighted by Crippen LogP contribution is 2.16. The van der Waals surface area contributed by atoms with E-state index in [-0.39, 0.29) is 18.6 Å². The molecule has 0 spiro atoms. The third-order valence-electron chi connectivity index (χ3n) is 1.75. The fourth-order valence-electron chi connectivity index (χ4n) is 1.04. The number of thiophene rings is 1. The third-order valence-corrected chi connectivity index (χ3v) is 3.54. The number of rotatable bonds is 5. The summed E-state index contributed by atoms with van der Waals surface area (Å²) in [6.07, 6.45) is 0. The maximum absolute atomic E-state index is 11.6. The van der Waals surface area contributed by atoms with Crippen LogP contribution in [0.15, 0.2) is 11.4 Å².